The lowest BCUT2D eigenvalue weighted by Crippen LogP contribution is -2.17. The Balaban J connectivity index is 1.71. The zero-order chi connectivity index (χ0) is 23.8. The van der Waals surface area contributed by atoms with Crippen molar-refractivity contribution in [2.24, 2.45) is 0 Å². The van der Waals surface area contributed by atoms with Crippen LogP contribution in [-0.4, -0.2) is 24.6 Å². The third kappa shape index (κ3) is 3.80. The van der Waals surface area contributed by atoms with Crippen molar-refractivity contribution in [2.75, 3.05) is 0 Å². The van der Waals surface area contributed by atoms with Crippen molar-refractivity contribution < 1.29 is 10.0 Å². The van der Waals surface area contributed by atoms with Crippen LogP contribution in [0.25, 0.3) is 27.9 Å². The number of aromatic amines is 1. The van der Waals surface area contributed by atoms with E-state index in [-0.39, 0.29) is 22.6 Å². The number of aromatic nitrogens is 3. The van der Waals surface area contributed by atoms with Gasteiger partial charge in [-0.3, -0.25) is 14.9 Å². The topological polar surface area (TPSA) is 114 Å². The first-order valence-corrected chi connectivity index (χ1v) is 10.7. The van der Waals surface area contributed by atoms with Gasteiger partial charge in [0.15, 0.2) is 0 Å². The average Bonchev–Trinajstić information content (AvgIpc) is 3.19. The molecule has 0 unspecified atom stereocenters. The molecule has 3 aromatic carbocycles. The first-order valence-electron chi connectivity index (χ1n) is 10.3. The normalized spacial score (nSPS) is 11.1. The highest BCUT2D eigenvalue weighted by molar-refractivity contribution is 6.30. The Bertz CT molecular complexity index is 1590. The van der Waals surface area contributed by atoms with Crippen molar-refractivity contribution in [3.8, 4) is 28.0 Å². The molecule has 0 aliphatic carbocycles. The minimum absolute atomic E-state index is 0.135. The molecule has 0 radical (unpaired) electrons. The van der Waals surface area contributed by atoms with Crippen LogP contribution in [-0.2, 0) is 6.42 Å². The van der Waals surface area contributed by atoms with Gasteiger partial charge < -0.3 is 10.1 Å². The number of rotatable bonds is 5. The van der Waals surface area contributed by atoms with Gasteiger partial charge in [-0.05, 0) is 29.3 Å². The van der Waals surface area contributed by atoms with Crippen LogP contribution in [0.5, 0.6) is 5.75 Å². The number of fused-ring (bicyclic) bond motifs is 1. The van der Waals surface area contributed by atoms with Crippen molar-refractivity contribution >= 4 is 22.9 Å². The van der Waals surface area contributed by atoms with Gasteiger partial charge in [0, 0.05) is 34.8 Å². The largest absolute Gasteiger partial charge is 0.507 e. The number of hydrogen-bond donors (Lipinski definition) is 2. The molecule has 0 aliphatic heterocycles. The van der Waals surface area contributed by atoms with E-state index in [0.717, 1.165) is 22.8 Å². The number of non-ortho nitro benzene ring substituents is 1. The van der Waals surface area contributed by atoms with Gasteiger partial charge in [-0.25, -0.2) is 0 Å². The zero-order valence-electron chi connectivity index (χ0n) is 17.6. The van der Waals surface area contributed by atoms with E-state index >= 15 is 0 Å². The fraction of sp³-hybridized carbons (Fsp3) is 0.0400. The standard InChI is InChI=1S/C25H17ClN4O4/c26-17-8-6-16(7-9-17)23-21(12-15-4-2-1-3-5-15)28-29-24(23)27-14-20(25(29)32)19-11-10-18(30(33)34)13-22(19)31/h1-11,13-14,27,31H,12H2. The summed E-state index contributed by atoms with van der Waals surface area (Å²) in [6.07, 6.45) is 1.97. The molecular weight excluding hydrogens is 456 g/mol. The van der Waals surface area contributed by atoms with Crippen molar-refractivity contribution in [2.45, 2.75) is 6.42 Å². The fourth-order valence-corrected chi connectivity index (χ4v) is 4.07. The number of H-pyrrole nitrogens is 1. The van der Waals surface area contributed by atoms with Gasteiger partial charge in [0.1, 0.15) is 11.4 Å². The maximum Gasteiger partial charge on any atom is 0.282 e. The van der Waals surface area contributed by atoms with E-state index in [4.69, 9.17) is 11.6 Å². The van der Waals surface area contributed by atoms with Gasteiger partial charge in [0.05, 0.1) is 22.2 Å². The van der Waals surface area contributed by atoms with Crippen LogP contribution < -0.4 is 5.56 Å². The van der Waals surface area contributed by atoms with Crippen molar-refractivity contribution in [3.63, 3.8) is 0 Å². The molecule has 34 heavy (non-hydrogen) atoms. The molecule has 0 fully saturated rings. The smallest absolute Gasteiger partial charge is 0.282 e. The molecule has 8 nitrogen and oxygen atoms in total. The summed E-state index contributed by atoms with van der Waals surface area (Å²) in [6.45, 7) is 0. The molecule has 2 aromatic heterocycles. The number of aromatic hydroxyl groups is 1. The summed E-state index contributed by atoms with van der Waals surface area (Å²) in [7, 11) is 0. The number of nitrogens with one attached hydrogen (secondary N) is 1. The molecule has 5 aromatic rings. The first-order chi connectivity index (χ1) is 16.4. The number of nitro groups is 1. The summed E-state index contributed by atoms with van der Waals surface area (Å²) in [4.78, 5) is 26.9. The molecule has 0 saturated heterocycles. The summed E-state index contributed by atoms with van der Waals surface area (Å²) < 4.78 is 1.26. The number of benzene rings is 3. The second kappa shape index (κ2) is 8.49. The third-order valence-corrected chi connectivity index (χ3v) is 5.82. The summed E-state index contributed by atoms with van der Waals surface area (Å²) in [6, 6.07) is 20.6. The van der Waals surface area contributed by atoms with Crippen LogP contribution in [0.2, 0.25) is 5.02 Å². The minimum Gasteiger partial charge on any atom is -0.507 e. The second-order valence-corrected chi connectivity index (χ2v) is 8.15. The first kappa shape index (κ1) is 21.4. The highest BCUT2D eigenvalue weighted by Gasteiger charge is 2.21. The molecule has 9 heteroatoms. The van der Waals surface area contributed by atoms with Gasteiger partial charge in [-0.2, -0.15) is 9.61 Å². The Labute approximate surface area is 197 Å². The average molecular weight is 473 g/mol. The van der Waals surface area contributed by atoms with Gasteiger partial charge >= 0.3 is 0 Å². The lowest BCUT2D eigenvalue weighted by atomic mass is 10.0. The van der Waals surface area contributed by atoms with Crippen molar-refractivity contribution in [1.82, 2.24) is 14.6 Å². The van der Waals surface area contributed by atoms with Crippen LogP contribution in [0.4, 0.5) is 5.69 Å². The van der Waals surface area contributed by atoms with E-state index < -0.39 is 10.5 Å². The third-order valence-electron chi connectivity index (χ3n) is 5.56. The predicted octanol–water partition coefficient (Wildman–Crippen LogP) is 5.21. The number of hydrogen-bond acceptors (Lipinski definition) is 5. The van der Waals surface area contributed by atoms with Crippen LogP contribution >= 0.6 is 11.6 Å². The summed E-state index contributed by atoms with van der Waals surface area (Å²) in [5.74, 6) is -0.367. The Morgan fingerprint density at radius 1 is 1.03 bits per heavy atom. The van der Waals surface area contributed by atoms with E-state index in [1.54, 1.807) is 12.1 Å². The Morgan fingerprint density at radius 2 is 1.76 bits per heavy atom. The minimum atomic E-state index is -0.612. The van der Waals surface area contributed by atoms with Crippen molar-refractivity contribution in [1.29, 1.82) is 0 Å². The molecule has 2 heterocycles. The quantitative estimate of drug-likeness (QED) is 0.269. The SMILES string of the molecule is O=c1c(-c2ccc([N+](=O)[O-])cc2O)c[nH]c2c(-c3ccc(Cl)cc3)c(Cc3ccccc3)nn12. The number of phenolic OH excluding ortho intramolecular Hbond substituents is 1. The van der Waals surface area contributed by atoms with E-state index in [0.29, 0.717) is 22.8 Å². The Morgan fingerprint density at radius 3 is 2.44 bits per heavy atom. The molecule has 2 N–H and O–H groups in total. The molecule has 5 rings (SSSR count). The van der Waals surface area contributed by atoms with Gasteiger partial charge in [0.25, 0.3) is 11.2 Å². The Hall–Kier alpha value is -4.43. The molecule has 0 spiro atoms. The zero-order valence-corrected chi connectivity index (χ0v) is 18.4. The Kier molecular flexibility index (Phi) is 5.35. The summed E-state index contributed by atoms with van der Waals surface area (Å²) in [5.41, 5.74) is 3.37. The number of nitro benzene ring substituents is 1. The molecular formula is C25H17ClN4O4. The molecule has 0 atom stereocenters. The summed E-state index contributed by atoms with van der Waals surface area (Å²) in [5, 5.41) is 26.6. The van der Waals surface area contributed by atoms with Crippen LogP contribution in [0, 0.1) is 10.1 Å². The molecule has 0 aliphatic rings. The highest BCUT2D eigenvalue weighted by Crippen LogP contribution is 2.33. The van der Waals surface area contributed by atoms with E-state index in [1.165, 1.54) is 22.8 Å². The number of halogens is 1. The number of nitrogens with zero attached hydrogens (tertiary/aromatic N) is 3. The number of phenols is 1. The molecule has 168 valence electrons. The van der Waals surface area contributed by atoms with E-state index in [1.807, 2.05) is 42.5 Å². The van der Waals surface area contributed by atoms with Crippen LogP contribution in [0.15, 0.2) is 83.8 Å². The van der Waals surface area contributed by atoms with E-state index in [2.05, 4.69) is 10.1 Å². The molecule has 0 saturated carbocycles. The second-order valence-electron chi connectivity index (χ2n) is 7.72. The highest BCUT2D eigenvalue weighted by atomic mass is 35.5. The van der Waals surface area contributed by atoms with Crippen molar-refractivity contribution in [3.05, 3.63) is 116 Å². The molecule has 0 amide bonds. The van der Waals surface area contributed by atoms with Gasteiger partial charge in [-0.15, -0.1) is 0 Å². The van der Waals surface area contributed by atoms with Crippen LogP contribution in [0.1, 0.15) is 11.3 Å². The molecule has 0 bridgehead atoms. The van der Waals surface area contributed by atoms with E-state index in [9.17, 15) is 20.0 Å². The predicted molar refractivity (Wildman–Crippen MR) is 129 cm³/mol. The maximum absolute atomic E-state index is 13.4. The van der Waals surface area contributed by atoms with Gasteiger partial charge in [0.2, 0.25) is 0 Å². The lowest BCUT2D eigenvalue weighted by Gasteiger charge is -2.06. The maximum atomic E-state index is 13.4. The van der Waals surface area contributed by atoms with Crippen LogP contribution in [0.3, 0.4) is 0 Å². The fourth-order valence-electron chi connectivity index (χ4n) is 3.95. The van der Waals surface area contributed by atoms with Gasteiger partial charge in [-0.1, -0.05) is 54.1 Å². The summed E-state index contributed by atoms with van der Waals surface area (Å²) >= 11 is 6.08. The lowest BCUT2D eigenvalue weighted by molar-refractivity contribution is -0.384. The monoisotopic (exact) mass is 472 g/mol.